The Morgan fingerprint density at radius 3 is 1.29 bits per heavy atom. The van der Waals surface area contributed by atoms with Crippen LogP contribution in [0.5, 0.6) is 46.0 Å². The molecule has 12 rings (SSSR count). The molecule has 0 aromatic heterocycles. The molecule has 1 aliphatic rings. The van der Waals surface area contributed by atoms with E-state index in [0.717, 1.165) is 39.2 Å². The number of rotatable bonds is 13. The van der Waals surface area contributed by atoms with E-state index in [-0.39, 0.29) is 52.0 Å². The first-order chi connectivity index (χ1) is 46.0. The number of hydrogen-bond acceptors (Lipinski definition) is 14. The number of carbonyl (C=O) groups excluding carboxylic acids is 3. The second-order valence-corrected chi connectivity index (χ2v) is 20.3. The SMILES string of the molecule is CI.COc1ccc(OC)c(C(C(=O)Nc2ccccc2)c2ccccc2)c1.Nc1ccccc1.O.O=C(Nc1ccccc1)C(c1ccccc1)c1cc(O)ccc1O.O=C(O)C(O)c1ccccc1.O=C1Oc2ccc(O)cc2C1c1ccccc1.Oc1ccc(O)cc1. The number of halogens is 1. The number of esters is 1. The monoisotopic (exact) mass is 1410 g/mol. The molecule has 1 heterocycles. The number of anilines is 3. The molecule has 11 aromatic rings. The number of carboxylic acids is 1. The number of benzene rings is 11. The third-order valence-electron chi connectivity index (χ3n) is 13.8. The van der Waals surface area contributed by atoms with Crippen LogP contribution in [-0.4, -0.2) is 84.1 Å². The van der Waals surface area contributed by atoms with Gasteiger partial charge in [-0.3, -0.25) is 14.4 Å². The van der Waals surface area contributed by atoms with E-state index in [2.05, 4.69) is 33.2 Å². The Hall–Kier alpha value is -11.7. The summed E-state index contributed by atoms with van der Waals surface area (Å²) in [4.78, 5) is 50.1. The predicted octanol–water partition coefficient (Wildman–Crippen LogP) is 14.2. The minimum Gasteiger partial charge on any atom is -0.508 e. The van der Waals surface area contributed by atoms with Crippen molar-refractivity contribution in [3.05, 3.63) is 330 Å². The highest BCUT2D eigenvalue weighted by molar-refractivity contribution is 14.1. The van der Waals surface area contributed by atoms with Crippen molar-refractivity contribution in [1.82, 2.24) is 0 Å². The molecule has 0 spiro atoms. The summed E-state index contributed by atoms with van der Waals surface area (Å²) in [6, 6.07) is 84.6. The zero-order valence-electron chi connectivity index (χ0n) is 52.5. The van der Waals surface area contributed by atoms with Gasteiger partial charge in [0.2, 0.25) is 11.8 Å². The van der Waals surface area contributed by atoms with E-state index < -0.39 is 29.8 Å². The number of methoxy groups -OCH3 is 2. The molecule has 0 aliphatic carbocycles. The molecule has 1 aliphatic heterocycles. The number of carbonyl (C=O) groups is 4. The summed E-state index contributed by atoms with van der Waals surface area (Å²) in [6.07, 6.45) is -1.41. The van der Waals surface area contributed by atoms with Crippen molar-refractivity contribution >= 4 is 63.4 Å². The molecular formula is C77H74IN3O15. The number of nitrogen functional groups attached to an aromatic ring is 1. The van der Waals surface area contributed by atoms with Crippen molar-refractivity contribution in [3.63, 3.8) is 0 Å². The molecule has 18 nitrogen and oxygen atoms in total. The van der Waals surface area contributed by atoms with Gasteiger partial charge in [0, 0.05) is 33.8 Å². The first-order valence-corrected chi connectivity index (χ1v) is 31.5. The Balaban J connectivity index is 0.000000219. The number of carboxylic acid groups (broad SMARTS) is 1. The van der Waals surface area contributed by atoms with E-state index in [1.54, 1.807) is 68.8 Å². The van der Waals surface area contributed by atoms with Gasteiger partial charge in [0.05, 0.1) is 26.1 Å². The number of phenolic OH excluding ortho intramolecular Hbond substituents is 5. The largest absolute Gasteiger partial charge is 0.508 e. The number of aliphatic carboxylic acids is 1. The molecule has 13 N–H and O–H groups in total. The Labute approximate surface area is 570 Å². The summed E-state index contributed by atoms with van der Waals surface area (Å²) < 4.78 is 16.0. The van der Waals surface area contributed by atoms with E-state index in [9.17, 15) is 34.5 Å². The van der Waals surface area contributed by atoms with Crippen LogP contribution in [0.15, 0.2) is 291 Å². The van der Waals surface area contributed by atoms with Crippen molar-refractivity contribution in [1.29, 1.82) is 0 Å². The normalized spacial score (nSPS) is 12.0. The highest BCUT2D eigenvalue weighted by Crippen LogP contribution is 2.41. The van der Waals surface area contributed by atoms with Crippen LogP contribution >= 0.6 is 22.6 Å². The van der Waals surface area contributed by atoms with Gasteiger partial charge in [0.15, 0.2) is 6.10 Å². The second-order valence-electron chi connectivity index (χ2n) is 20.3. The predicted molar refractivity (Wildman–Crippen MR) is 381 cm³/mol. The van der Waals surface area contributed by atoms with Crippen LogP contribution in [0.25, 0.3) is 0 Å². The maximum atomic E-state index is 13.2. The minimum absolute atomic E-state index is 0. The van der Waals surface area contributed by atoms with Crippen molar-refractivity contribution in [2.75, 3.05) is 35.5 Å². The quantitative estimate of drug-likeness (QED) is 0.0128. The van der Waals surface area contributed by atoms with Crippen LogP contribution in [0.2, 0.25) is 0 Å². The average molecular weight is 1410 g/mol. The summed E-state index contributed by atoms with van der Waals surface area (Å²) >= 11 is 2.15. The summed E-state index contributed by atoms with van der Waals surface area (Å²) in [5.74, 6) is -1.35. The summed E-state index contributed by atoms with van der Waals surface area (Å²) in [5.41, 5.74) is 12.3. The maximum Gasteiger partial charge on any atom is 0.337 e. The average Bonchev–Trinajstić information content (AvgIpc) is 1.50. The number of aromatic hydroxyl groups is 5. The number of ether oxygens (including phenoxy) is 3. The van der Waals surface area contributed by atoms with Crippen LogP contribution in [0.3, 0.4) is 0 Å². The maximum absolute atomic E-state index is 13.2. The number of aliphatic hydroxyl groups is 1. The fraction of sp³-hybridized carbons (Fsp3) is 0.0909. The lowest BCUT2D eigenvalue weighted by atomic mass is 9.89. The Bertz CT molecular complexity index is 4090. The first kappa shape index (κ1) is 75.1. The van der Waals surface area contributed by atoms with Gasteiger partial charge in [-0.25, -0.2) is 4.79 Å². The smallest absolute Gasteiger partial charge is 0.337 e. The number of fused-ring (bicyclic) bond motifs is 1. The lowest BCUT2D eigenvalue weighted by Crippen LogP contribution is -2.22. The molecule has 0 radical (unpaired) electrons. The van der Waals surface area contributed by atoms with Crippen LogP contribution in [0.4, 0.5) is 17.1 Å². The molecule has 0 fully saturated rings. The highest BCUT2D eigenvalue weighted by atomic mass is 127. The van der Waals surface area contributed by atoms with E-state index in [4.69, 9.17) is 40.4 Å². The fourth-order valence-electron chi connectivity index (χ4n) is 9.34. The first-order valence-electron chi connectivity index (χ1n) is 29.3. The summed E-state index contributed by atoms with van der Waals surface area (Å²) in [5, 5.41) is 70.0. The van der Waals surface area contributed by atoms with E-state index in [1.165, 1.54) is 48.5 Å². The number of amides is 2. The summed E-state index contributed by atoms with van der Waals surface area (Å²) in [6.45, 7) is 0. The van der Waals surface area contributed by atoms with Gasteiger partial charge in [-0.05, 0) is 142 Å². The van der Waals surface area contributed by atoms with Crippen molar-refractivity contribution in [2.24, 2.45) is 0 Å². The topological polar surface area (TPSA) is 319 Å². The molecule has 0 saturated heterocycles. The number of hydrogen-bond donors (Lipinski definition) is 10. The molecule has 4 atom stereocenters. The van der Waals surface area contributed by atoms with Crippen LogP contribution < -0.4 is 30.6 Å². The van der Waals surface area contributed by atoms with E-state index >= 15 is 0 Å². The third kappa shape index (κ3) is 23.2. The molecule has 19 heteroatoms. The van der Waals surface area contributed by atoms with Gasteiger partial charge in [-0.2, -0.15) is 0 Å². The van der Waals surface area contributed by atoms with Gasteiger partial charge in [0.25, 0.3) is 0 Å². The lowest BCUT2D eigenvalue weighted by molar-refractivity contribution is -0.147. The van der Waals surface area contributed by atoms with Gasteiger partial charge >= 0.3 is 11.9 Å². The Morgan fingerprint density at radius 1 is 0.469 bits per heavy atom. The number of para-hydroxylation sites is 3. The molecule has 96 heavy (non-hydrogen) atoms. The van der Waals surface area contributed by atoms with E-state index in [0.29, 0.717) is 34.1 Å². The van der Waals surface area contributed by atoms with Gasteiger partial charge in [-0.1, -0.05) is 199 Å². The number of nitrogens with two attached hydrogens (primary N) is 1. The third-order valence-corrected chi connectivity index (χ3v) is 13.8. The molecule has 494 valence electrons. The van der Waals surface area contributed by atoms with Gasteiger partial charge in [-0.15, -0.1) is 0 Å². The van der Waals surface area contributed by atoms with Gasteiger partial charge < -0.3 is 71.8 Å². The zero-order valence-corrected chi connectivity index (χ0v) is 54.6. The van der Waals surface area contributed by atoms with Crippen LogP contribution in [-0.2, 0) is 19.2 Å². The van der Waals surface area contributed by atoms with Crippen LogP contribution in [0.1, 0.15) is 62.8 Å². The number of alkyl halides is 1. The zero-order chi connectivity index (χ0) is 68.5. The Kier molecular flexibility index (Phi) is 31.0. The molecular weight excluding hydrogens is 1330 g/mol. The molecule has 11 aromatic carbocycles. The second kappa shape index (κ2) is 39.7. The molecule has 0 saturated carbocycles. The summed E-state index contributed by atoms with van der Waals surface area (Å²) in [7, 11) is 3.20. The molecule has 2 amide bonds. The van der Waals surface area contributed by atoms with Crippen LogP contribution in [0, 0.1) is 0 Å². The fourth-order valence-corrected chi connectivity index (χ4v) is 9.34. The number of aliphatic hydroxyl groups excluding tert-OH is 1. The lowest BCUT2D eigenvalue weighted by Gasteiger charge is -2.21. The van der Waals surface area contributed by atoms with Crippen molar-refractivity contribution < 1.29 is 74.6 Å². The molecule has 4 unspecified atom stereocenters. The van der Waals surface area contributed by atoms with Gasteiger partial charge in [0.1, 0.15) is 51.9 Å². The highest BCUT2D eigenvalue weighted by Gasteiger charge is 2.35. The standard InChI is InChI=1S/C22H21NO3.C20H17NO3.C14H10O3.C8H8O3.C6H7N.C6H6O2.CH3I.H2O/c1-25-18-13-14-20(26-2)19(15-18)21(16-9-5-3-6-10-16)22(24)23-17-11-7-4-8-12-17;22-16-11-12-18(23)17(13-16)19(14-7-3-1-4-8-14)20(24)21-15-9-5-2-6-10-15;15-10-6-7-12-11(8-10)13(14(16)17-12)9-4-2-1-3-5-9;9-7(8(10)11)6-4-2-1-3-5-6;7-6-4-2-1-3-5-6;7-5-1-2-6(8)4-3-5;1-2;/h3-15,21H,1-2H3,(H,23,24);1-13,19,22-23H,(H,21,24);1-8,13,15H;1-5,7,9H,(H,10,11);1-5H,7H2;1-4,7-8H;1H3;1H2. The van der Waals surface area contributed by atoms with Crippen molar-refractivity contribution in [2.45, 2.75) is 23.9 Å². The molecule has 0 bridgehead atoms. The number of nitrogens with one attached hydrogen (secondary N) is 2. The van der Waals surface area contributed by atoms with Crippen molar-refractivity contribution in [3.8, 4) is 46.0 Å². The minimum atomic E-state index is -1.41. The van der Waals surface area contributed by atoms with E-state index in [1.807, 2.05) is 193 Å². The number of phenols is 5. The Morgan fingerprint density at radius 2 is 0.865 bits per heavy atom.